The maximum atomic E-state index is 6.25. The molecule has 0 unspecified atom stereocenters. The molecule has 5 rings (SSSR count). The second-order valence-corrected chi connectivity index (χ2v) is 10.8. The minimum atomic E-state index is -1.66. The van der Waals surface area contributed by atoms with Crippen LogP contribution in [0.15, 0.2) is 54.7 Å². The van der Waals surface area contributed by atoms with Crippen molar-refractivity contribution in [1.82, 2.24) is 4.98 Å². The smallest absolute Gasteiger partial charge is 0.153 e. The molecule has 2 aliphatic rings. The average Bonchev–Trinajstić information content (AvgIpc) is 2.69. The fraction of sp³-hybridized carbons (Fsp3) is 0.105. The van der Waals surface area contributed by atoms with E-state index < -0.39 is 8.07 Å². The van der Waals surface area contributed by atoms with Crippen LogP contribution >= 0.6 is 0 Å². The first-order valence-corrected chi connectivity index (χ1v) is 10.6. The van der Waals surface area contributed by atoms with E-state index in [1.165, 1.54) is 27.1 Å². The van der Waals surface area contributed by atoms with Gasteiger partial charge < -0.3 is 4.74 Å². The number of rotatable bonds is 0. The number of benzene rings is 2. The number of pyridine rings is 1. The topological polar surface area (TPSA) is 22.1 Å². The van der Waals surface area contributed by atoms with E-state index in [1.807, 2.05) is 18.3 Å². The summed E-state index contributed by atoms with van der Waals surface area (Å²) in [5.74, 6) is 1.81. The molecule has 0 saturated carbocycles. The Morgan fingerprint density at radius 3 is 2.41 bits per heavy atom. The molecule has 106 valence electrons. The quantitative estimate of drug-likeness (QED) is 0.462. The van der Waals surface area contributed by atoms with Crippen LogP contribution in [0.3, 0.4) is 0 Å². The Morgan fingerprint density at radius 1 is 0.818 bits per heavy atom. The number of nitrogens with zero attached hydrogens (tertiary/aromatic N) is 1. The van der Waals surface area contributed by atoms with Crippen molar-refractivity contribution in [3.05, 3.63) is 54.7 Å². The molecule has 0 fully saturated rings. The van der Waals surface area contributed by atoms with E-state index in [4.69, 9.17) is 4.74 Å². The molecule has 2 nitrogen and oxygen atoms in total. The third-order valence-electron chi connectivity index (χ3n) is 4.93. The summed E-state index contributed by atoms with van der Waals surface area (Å²) in [7, 11) is -1.66. The summed E-state index contributed by atoms with van der Waals surface area (Å²) < 4.78 is 6.25. The van der Waals surface area contributed by atoms with Gasteiger partial charge in [0, 0.05) is 17.3 Å². The predicted molar refractivity (Wildman–Crippen MR) is 91.9 cm³/mol. The summed E-state index contributed by atoms with van der Waals surface area (Å²) in [6, 6.07) is 17.1. The number of fused-ring (bicyclic) bond motifs is 2. The Hall–Kier alpha value is -2.39. The van der Waals surface area contributed by atoms with E-state index in [2.05, 4.69) is 54.5 Å². The van der Waals surface area contributed by atoms with Crippen LogP contribution in [0.4, 0.5) is 0 Å². The van der Waals surface area contributed by atoms with Gasteiger partial charge in [-0.2, -0.15) is 0 Å². The van der Waals surface area contributed by atoms with Crippen LogP contribution in [-0.4, -0.2) is 13.1 Å². The number of aromatic nitrogens is 1. The fourth-order valence-corrected chi connectivity index (χ4v) is 6.95. The van der Waals surface area contributed by atoms with Crippen molar-refractivity contribution in [3.63, 3.8) is 0 Å². The number of hydrogen-bond acceptors (Lipinski definition) is 2. The molecule has 3 aromatic rings. The summed E-state index contributed by atoms with van der Waals surface area (Å²) in [4.78, 5) is 4.61. The van der Waals surface area contributed by atoms with Crippen LogP contribution in [-0.2, 0) is 0 Å². The zero-order chi connectivity index (χ0) is 14.9. The van der Waals surface area contributed by atoms with E-state index in [9.17, 15) is 0 Å². The fourth-order valence-electron chi connectivity index (χ4n) is 3.87. The highest BCUT2D eigenvalue weighted by Gasteiger charge is 2.41. The molecule has 0 aliphatic carbocycles. The van der Waals surface area contributed by atoms with Gasteiger partial charge in [0.25, 0.3) is 0 Å². The first kappa shape index (κ1) is 12.2. The lowest BCUT2D eigenvalue weighted by molar-refractivity contribution is 0.486. The van der Waals surface area contributed by atoms with Gasteiger partial charge in [-0.15, -0.1) is 0 Å². The number of hydrogen-bond donors (Lipinski definition) is 0. The second kappa shape index (κ2) is 3.87. The molecule has 0 amide bonds. The van der Waals surface area contributed by atoms with Gasteiger partial charge in [-0.3, -0.25) is 4.98 Å². The molecule has 0 atom stereocenters. The molecular weight excluding hydrogens is 286 g/mol. The standard InChI is InChI=1S/C19H15NOSi/c1-22(2)15-9-3-6-12-17(15)18-13(7-4-10-16(18)22)21-14-8-5-11-20-19(12)14/h3-11H,1-2H3. The molecule has 2 aromatic carbocycles. The van der Waals surface area contributed by atoms with Gasteiger partial charge >= 0.3 is 0 Å². The lowest BCUT2D eigenvalue weighted by atomic mass is 9.97. The summed E-state index contributed by atoms with van der Waals surface area (Å²) in [6.07, 6.45) is 1.84. The minimum absolute atomic E-state index is 0.846. The van der Waals surface area contributed by atoms with E-state index >= 15 is 0 Å². The lowest BCUT2D eigenvalue weighted by Crippen LogP contribution is -2.49. The van der Waals surface area contributed by atoms with Crippen LogP contribution in [0.2, 0.25) is 13.1 Å². The Bertz CT molecular complexity index is 946. The van der Waals surface area contributed by atoms with E-state index in [0.29, 0.717) is 0 Å². The zero-order valence-electron chi connectivity index (χ0n) is 12.6. The maximum Gasteiger partial charge on any atom is 0.153 e. The largest absolute Gasteiger partial charge is 0.454 e. The Morgan fingerprint density at radius 2 is 1.55 bits per heavy atom. The molecule has 22 heavy (non-hydrogen) atoms. The maximum absolute atomic E-state index is 6.25. The molecule has 0 radical (unpaired) electrons. The molecule has 0 spiro atoms. The second-order valence-electron chi connectivity index (χ2n) is 6.48. The van der Waals surface area contributed by atoms with E-state index in [1.54, 1.807) is 0 Å². The van der Waals surface area contributed by atoms with Crippen LogP contribution in [0.5, 0.6) is 11.5 Å². The molecule has 2 aliphatic heterocycles. The van der Waals surface area contributed by atoms with Gasteiger partial charge in [0.1, 0.15) is 19.5 Å². The summed E-state index contributed by atoms with van der Waals surface area (Å²) >= 11 is 0. The monoisotopic (exact) mass is 301 g/mol. The van der Waals surface area contributed by atoms with Crippen LogP contribution in [0.1, 0.15) is 0 Å². The third-order valence-corrected chi connectivity index (χ3v) is 8.46. The van der Waals surface area contributed by atoms with E-state index in [-0.39, 0.29) is 0 Å². The highest BCUT2D eigenvalue weighted by atomic mass is 28.3. The molecule has 0 bridgehead atoms. The first-order valence-electron chi connectivity index (χ1n) is 7.58. The van der Waals surface area contributed by atoms with Crippen LogP contribution < -0.4 is 15.1 Å². The molecule has 0 N–H and O–H groups in total. The SMILES string of the molecule is C[Si]1(C)c2cccc3c2-c2c(cccc21)-c1ncccc1O3. The zero-order valence-corrected chi connectivity index (χ0v) is 13.6. The molecule has 3 heteroatoms. The van der Waals surface area contributed by atoms with Crippen LogP contribution in [0, 0.1) is 0 Å². The van der Waals surface area contributed by atoms with Crippen molar-refractivity contribution in [3.8, 4) is 33.9 Å². The van der Waals surface area contributed by atoms with Crippen molar-refractivity contribution in [2.75, 3.05) is 0 Å². The lowest BCUT2D eigenvalue weighted by Gasteiger charge is -2.20. The molecule has 1 aromatic heterocycles. The van der Waals surface area contributed by atoms with Crippen molar-refractivity contribution in [2.24, 2.45) is 0 Å². The molecule has 0 saturated heterocycles. The van der Waals surface area contributed by atoms with Crippen LogP contribution in [0.25, 0.3) is 22.4 Å². The Labute approximate surface area is 130 Å². The average molecular weight is 301 g/mol. The predicted octanol–water partition coefficient (Wildman–Crippen LogP) is 3.66. The summed E-state index contributed by atoms with van der Waals surface area (Å²) in [5.41, 5.74) is 4.80. The number of ether oxygens (including phenoxy) is 1. The molecular formula is C19H15NOSi. The molecule has 3 heterocycles. The van der Waals surface area contributed by atoms with Gasteiger partial charge in [0.15, 0.2) is 5.75 Å². The van der Waals surface area contributed by atoms with Crippen molar-refractivity contribution in [1.29, 1.82) is 0 Å². The normalized spacial score (nSPS) is 15.5. The highest BCUT2D eigenvalue weighted by Crippen LogP contribution is 2.47. The first-order chi connectivity index (χ1) is 10.7. The Balaban J connectivity index is 2.02. The van der Waals surface area contributed by atoms with Gasteiger partial charge in [0.2, 0.25) is 0 Å². The third kappa shape index (κ3) is 1.32. The van der Waals surface area contributed by atoms with Gasteiger partial charge in [-0.05, 0) is 34.1 Å². The van der Waals surface area contributed by atoms with Crippen molar-refractivity contribution >= 4 is 18.4 Å². The van der Waals surface area contributed by atoms with Crippen molar-refractivity contribution in [2.45, 2.75) is 13.1 Å². The van der Waals surface area contributed by atoms with Crippen molar-refractivity contribution < 1.29 is 4.74 Å². The highest BCUT2D eigenvalue weighted by molar-refractivity contribution is 7.04. The van der Waals surface area contributed by atoms with Gasteiger partial charge in [-0.25, -0.2) is 0 Å². The van der Waals surface area contributed by atoms with E-state index in [0.717, 1.165) is 17.2 Å². The Kier molecular flexibility index (Phi) is 2.14. The van der Waals surface area contributed by atoms with Gasteiger partial charge in [0.05, 0.1) is 0 Å². The van der Waals surface area contributed by atoms with Gasteiger partial charge in [-0.1, -0.05) is 43.4 Å². The summed E-state index contributed by atoms with van der Waals surface area (Å²) in [5, 5.41) is 2.97. The minimum Gasteiger partial charge on any atom is -0.454 e. The summed E-state index contributed by atoms with van der Waals surface area (Å²) in [6.45, 7) is 4.85.